The fraction of sp³-hybridized carbons (Fsp3) is 0.708. The van der Waals surface area contributed by atoms with Crippen LogP contribution in [0.1, 0.15) is 50.5 Å². The molecule has 3 fully saturated rings. The van der Waals surface area contributed by atoms with Crippen LogP contribution in [0.5, 0.6) is 0 Å². The minimum Gasteiger partial charge on any atom is -0.379 e. The maximum atomic E-state index is 13.1. The van der Waals surface area contributed by atoms with Gasteiger partial charge in [0.2, 0.25) is 0 Å². The van der Waals surface area contributed by atoms with Crippen LogP contribution in [-0.2, 0) is 11.2 Å². The Morgan fingerprint density at radius 1 is 0.966 bits per heavy atom. The zero-order valence-corrected chi connectivity index (χ0v) is 17.8. The molecule has 4 rings (SSSR count). The van der Waals surface area contributed by atoms with Gasteiger partial charge in [0.25, 0.3) is 5.91 Å². The van der Waals surface area contributed by atoms with Gasteiger partial charge in [-0.3, -0.25) is 14.6 Å². The van der Waals surface area contributed by atoms with E-state index in [1.54, 1.807) is 0 Å². The van der Waals surface area contributed by atoms with Gasteiger partial charge in [-0.1, -0.05) is 43.2 Å². The zero-order chi connectivity index (χ0) is 20.1. The minimum atomic E-state index is -1.19. The van der Waals surface area contributed by atoms with Crippen molar-refractivity contribution in [3.05, 3.63) is 35.9 Å². The van der Waals surface area contributed by atoms with E-state index in [-0.39, 0.29) is 5.91 Å². The molecule has 0 bridgehead atoms. The number of rotatable bonds is 7. The number of benzene rings is 1. The van der Waals surface area contributed by atoms with Crippen LogP contribution in [0, 0.1) is 0 Å². The largest absolute Gasteiger partial charge is 0.379 e. The Kier molecular flexibility index (Phi) is 6.88. The van der Waals surface area contributed by atoms with Crippen molar-refractivity contribution >= 4 is 5.91 Å². The van der Waals surface area contributed by atoms with Gasteiger partial charge in [0.05, 0.1) is 0 Å². The summed E-state index contributed by atoms with van der Waals surface area (Å²) in [6.07, 6.45) is 8.87. The van der Waals surface area contributed by atoms with Gasteiger partial charge in [-0.05, 0) is 44.1 Å². The van der Waals surface area contributed by atoms with Crippen molar-refractivity contribution in [3.8, 4) is 0 Å². The van der Waals surface area contributed by atoms with Crippen LogP contribution in [-0.4, -0.2) is 83.2 Å². The van der Waals surface area contributed by atoms with Gasteiger partial charge in [-0.25, -0.2) is 0 Å². The van der Waals surface area contributed by atoms with Gasteiger partial charge in [-0.15, -0.1) is 0 Å². The number of aliphatic hydroxyl groups is 1. The van der Waals surface area contributed by atoms with E-state index < -0.39 is 5.60 Å². The van der Waals surface area contributed by atoms with Crippen molar-refractivity contribution in [2.45, 2.75) is 63.0 Å². The molecule has 2 heterocycles. The van der Waals surface area contributed by atoms with Crippen LogP contribution in [0.15, 0.2) is 30.3 Å². The smallest absolute Gasteiger partial charge is 0.255 e. The second-order valence-corrected chi connectivity index (χ2v) is 9.27. The summed E-state index contributed by atoms with van der Waals surface area (Å²) in [5.74, 6) is -0.0463. The van der Waals surface area contributed by atoms with Crippen molar-refractivity contribution in [1.82, 2.24) is 14.7 Å². The number of piperidine rings is 1. The first kappa shape index (κ1) is 20.8. The summed E-state index contributed by atoms with van der Waals surface area (Å²) >= 11 is 0. The highest BCUT2D eigenvalue weighted by atomic mass is 16.3. The topological polar surface area (TPSA) is 47.0 Å². The molecule has 2 saturated heterocycles. The first-order valence-electron chi connectivity index (χ1n) is 11.7. The summed E-state index contributed by atoms with van der Waals surface area (Å²) < 4.78 is 0. The molecule has 1 aromatic rings. The molecule has 1 N–H and O–H groups in total. The van der Waals surface area contributed by atoms with Crippen molar-refractivity contribution in [1.29, 1.82) is 0 Å². The Morgan fingerprint density at radius 2 is 1.69 bits per heavy atom. The normalized spacial score (nSPS) is 27.6. The molecular formula is C24H37N3O2. The Labute approximate surface area is 175 Å². The summed E-state index contributed by atoms with van der Waals surface area (Å²) in [7, 11) is 0. The monoisotopic (exact) mass is 399 g/mol. The highest BCUT2D eigenvalue weighted by Crippen LogP contribution is 2.27. The number of aryl methyl sites for hydroxylation is 1. The molecule has 5 heteroatoms. The number of hydrogen-bond donors (Lipinski definition) is 1. The number of nitrogens with zero attached hydrogens (tertiary/aromatic N) is 3. The molecule has 0 aromatic heterocycles. The Bertz CT molecular complexity index is 653. The summed E-state index contributed by atoms with van der Waals surface area (Å²) in [6.45, 7) is 6.13. The lowest BCUT2D eigenvalue weighted by Gasteiger charge is -2.44. The fourth-order valence-corrected chi connectivity index (χ4v) is 5.47. The van der Waals surface area contributed by atoms with Gasteiger partial charge in [0.15, 0.2) is 5.60 Å². The molecule has 1 aromatic carbocycles. The van der Waals surface area contributed by atoms with E-state index in [4.69, 9.17) is 0 Å². The molecule has 0 radical (unpaired) electrons. The molecule has 0 unspecified atom stereocenters. The van der Waals surface area contributed by atoms with Crippen molar-refractivity contribution in [3.63, 3.8) is 0 Å². The highest BCUT2D eigenvalue weighted by molar-refractivity contribution is 5.86. The number of β-amino-alcohol motifs (C(OH)–C–C–N with tert-alkyl or cyclic N) is 1. The lowest BCUT2D eigenvalue weighted by molar-refractivity contribution is -0.160. The van der Waals surface area contributed by atoms with Crippen LogP contribution in [0.25, 0.3) is 0 Å². The van der Waals surface area contributed by atoms with Gasteiger partial charge in [0, 0.05) is 51.9 Å². The average molecular weight is 400 g/mol. The third-order valence-electron chi connectivity index (χ3n) is 7.17. The summed E-state index contributed by atoms with van der Waals surface area (Å²) in [6, 6.07) is 11.2. The Balaban J connectivity index is 1.25. The number of hydrogen-bond acceptors (Lipinski definition) is 4. The van der Waals surface area contributed by atoms with E-state index in [1.807, 2.05) is 11.0 Å². The fourth-order valence-electron chi connectivity index (χ4n) is 5.47. The van der Waals surface area contributed by atoms with E-state index in [0.29, 0.717) is 13.0 Å². The van der Waals surface area contributed by atoms with Crippen LogP contribution >= 0.6 is 0 Å². The molecule has 160 valence electrons. The predicted octanol–water partition coefficient (Wildman–Crippen LogP) is 2.53. The number of piperazine rings is 1. The van der Waals surface area contributed by atoms with Crippen molar-refractivity contribution < 1.29 is 9.90 Å². The molecule has 1 amide bonds. The number of carbonyl (C=O) groups excluding carboxylic acids is 1. The van der Waals surface area contributed by atoms with E-state index in [9.17, 15) is 9.90 Å². The Hall–Kier alpha value is -1.43. The van der Waals surface area contributed by atoms with Gasteiger partial charge >= 0.3 is 0 Å². The molecular weight excluding hydrogens is 362 g/mol. The van der Waals surface area contributed by atoms with Crippen molar-refractivity contribution in [2.75, 3.05) is 45.8 Å². The summed E-state index contributed by atoms with van der Waals surface area (Å²) in [5, 5.41) is 11.2. The maximum absolute atomic E-state index is 13.1. The van der Waals surface area contributed by atoms with Gasteiger partial charge in [0.1, 0.15) is 0 Å². The third kappa shape index (κ3) is 5.19. The molecule has 1 atom stereocenters. The van der Waals surface area contributed by atoms with Crippen LogP contribution in [0.2, 0.25) is 0 Å². The van der Waals surface area contributed by atoms with E-state index in [0.717, 1.165) is 64.6 Å². The Morgan fingerprint density at radius 3 is 2.41 bits per heavy atom. The molecule has 1 saturated carbocycles. The predicted molar refractivity (Wildman–Crippen MR) is 116 cm³/mol. The average Bonchev–Trinajstić information content (AvgIpc) is 3.28. The zero-order valence-electron chi connectivity index (χ0n) is 17.8. The lowest BCUT2D eigenvalue weighted by atomic mass is 9.90. The van der Waals surface area contributed by atoms with Gasteiger partial charge in [-0.2, -0.15) is 0 Å². The minimum absolute atomic E-state index is 0.0463. The van der Waals surface area contributed by atoms with Crippen LogP contribution in [0.4, 0.5) is 0 Å². The first-order valence-corrected chi connectivity index (χ1v) is 11.7. The quantitative estimate of drug-likeness (QED) is 0.765. The molecule has 5 nitrogen and oxygen atoms in total. The lowest BCUT2D eigenvalue weighted by Crippen LogP contribution is -2.61. The molecule has 0 spiro atoms. The summed E-state index contributed by atoms with van der Waals surface area (Å²) in [5.41, 5.74) is 0.118. The summed E-state index contributed by atoms with van der Waals surface area (Å²) in [4.78, 5) is 19.9. The first-order chi connectivity index (χ1) is 14.1. The second kappa shape index (κ2) is 9.59. The molecule has 29 heavy (non-hydrogen) atoms. The maximum Gasteiger partial charge on any atom is 0.255 e. The SMILES string of the molecule is O=C1N(CCCc2ccccc2)CCC[C@@]1(O)CN1CCN(C2CCCC2)CC1. The van der Waals surface area contributed by atoms with E-state index in [2.05, 4.69) is 34.1 Å². The van der Waals surface area contributed by atoms with Gasteiger partial charge < -0.3 is 10.0 Å². The standard InChI is InChI=1S/C24H37N3O2/c28-23-24(29,20-25-16-18-26(19-17-25)22-11-4-5-12-22)13-7-15-27(23)14-6-10-21-8-2-1-3-9-21/h1-3,8-9,22,29H,4-7,10-20H2/t24-/m1/s1. The molecule has 2 aliphatic heterocycles. The van der Waals surface area contributed by atoms with E-state index >= 15 is 0 Å². The van der Waals surface area contributed by atoms with Crippen molar-refractivity contribution in [2.24, 2.45) is 0 Å². The van der Waals surface area contributed by atoms with Crippen LogP contribution < -0.4 is 0 Å². The third-order valence-corrected chi connectivity index (χ3v) is 7.17. The number of likely N-dealkylation sites (tertiary alicyclic amines) is 1. The number of amides is 1. The van der Waals surface area contributed by atoms with E-state index in [1.165, 1.54) is 31.2 Å². The molecule has 3 aliphatic rings. The number of carbonyl (C=O) groups is 1. The molecule has 1 aliphatic carbocycles. The second-order valence-electron chi connectivity index (χ2n) is 9.27. The highest BCUT2D eigenvalue weighted by Gasteiger charge is 2.43. The van der Waals surface area contributed by atoms with Crippen LogP contribution in [0.3, 0.4) is 0 Å².